The number of halogens is 3. The number of fused-ring (bicyclic) bond motifs is 1. The minimum absolute atomic E-state index is 0.0138. The van der Waals surface area contributed by atoms with Crippen molar-refractivity contribution in [3.8, 4) is 17.0 Å². The van der Waals surface area contributed by atoms with Crippen molar-refractivity contribution in [3.63, 3.8) is 0 Å². The number of alkyl halides is 3. The molecule has 2 aromatic heterocycles. The summed E-state index contributed by atoms with van der Waals surface area (Å²) in [6.45, 7) is 1.37. The molecule has 3 heterocycles. The van der Waals surface area contributed by atoms with Crippen LogP contribution >= 0.6 is 0 Å². The van der Waals surface area contributed by atoms with Crippen LogP contribution in [0.2, 0.25) is 0 Å². The summed E-state index contributed by atoms with van der Waals surface area (Å²) in [5.74, 6) is 0.235. The van der Waals surface area contributed by atoms with E-state index in [1.165, 1.54) is 16.5 Å². The fourth-order valence-electron chi connectivity index (χ4n) is 4.05. The van der Waals surface area contributed by atoms with Crippen molar-refractivity contribution in [2.24, 2.45) is 5.11 Å². The van der Waals surface area contributed by atoms with Gasteiger partial charge in [0.25, 0.3) is 6.43 Å². The molecule has 10 nitrogen and oxygen atoms in total. The van der Waals surface area contributed by atoms with Crippen molar-refractivity contribution in [2.45, 2.75) is 32.0 Å². The summed E-state index contributed by atoms with van der Waals surface area (Å²) in [6, 6.07) is 5.96. The molecule has 0 unspecified atom stereocenters. The second-order valence-corrected chi connectivity index (χ2v) is 8.00. The van der Waals surface area contributed by atoms with Crippen molar-refractivity contribution >= 4 is 28.7 Å². The minimum atomic E-state index is -2.57. The quantitative estimate of drug-likeness (QED) is 0.388. The summed E-state index contributed by atoms with van der Waals surface area (Å²) in [5.41, 5.74) is 9.62. The Labute approximate surface area is 199 Å². The normalized spacial score (nSPS) is 17.7. The first-order chi connectivity index (χ1) is 16.8. The topological polar surface area (TPSA) is 120 Å². The summed E-state index contributed by atoms with van der Waals surface area (Å²) in [4.78, 5) is 17.8. The third-order valence-electron chi connectivity index (χ3n) is 5.77. The zero-order valence-electron chi connectivity index (χ0n) is 19.1. The summed E-state index contributed by atoms with van der Waals surface area (Å²) in [7, 11) is 1.44. The Morgan fingerprint density at radius 3 is 2.83 bits per heavy atom. The number of hydrogen-bond donors (Lipinski definition) is 3. The number of hydrogen-bond acceptors (Lipinski definition) is 8. The van der Waals surface area contributed by atoms with Gasteiger partial charge in [0.15, 0.2) is 0 Å². The molecule has 1 aliphatic rings. The number of ether oxygens (including phenoxy) is 1. The van der Waals surface area contributed by atoms with Gasteiger partial charge in [-0.1, -0.05) is 13.0 Å². The number of methoxy groups -OCH3 is 1. The molecule has 2 atom stereocenters. The average Bonchev–Trinajstić information content (AvgIpc) is 3.45. The SMILES string of the molecule is CCC(=O)N1C[C@@H](F)[C@@H](Nc2nc(OC)c3c(-c4ccc(N=N)c(NCC(F)F)c4)ccn3n2)C1. The van der Waals surface area contributed by atoms with Gasteiger partial charge in [-0.2, -0.15) is 10.1 Å². The van der Waals surface area contributed by atoms with E-state index in [0.717, 1.165) is 0 Å². The van der Waals surface area contributed by atoms with Gasteiger partial charge in [-0.05, 0) is 23.8 Å². The van der Waals surface area contributed by atoms with Crippen molar-refractivity contribution in [1.82, 2.24) is 19.5 Å². The van der Waals surface area contributed by atoms with Gasteiger partial charge >= 0.3 is 0 Å². The fourth-order valence-corrected chi connectivity index (χ4v) is 4.05. The van der Waals surface area contributed by atoms with E-state index in [1.807, 2.05) is 0 Å². The lowest BCUT2D eigenvalue weighted by Crippen LogP contribution is -2.32. The zero-order chi connectivity index (χ0) is 25.1. The number of likely N-dealkylation sites (tertiary alicyclic amines) is 1. The van der Waals surface area contributed by atoms with Gasteiger partial charge in [0, 0.05) is 24.7 Å². The summed E-state index contributed by atoms with van der Waals surface area (Å²) in [6.07, 6.45) is -1.86. The van der Waals surface area contributed by atoms with E-state index in [4.69, 9.17) is 10.3 Å². The molecule has 0 aliphatic carbocycles. The summed E-state index contributed by atoms with van der Waals surface area (Å²) in [5, 5.41) is 13.4. The minimum Gasteiger partial charge on any atom is -0.479 e. The van der Waals surface area contributed by atoms with Crippen LogP contribution in [0.1, 0.15) is 13.3 Å². The van der Waals surface area contributed by atoms with Crippen molar-refractivity contribution in [1.29, 1.82) is 5.53 Å². The van der Waals surface area contributed by atoms with Crippen LogP contribution in [0.4, 0.5) is 30.5 Å². The monoisotopic (exact) mass is 490 g/mol. The molecule has 4 rings (SSSR count). The molecule has 0 saturated carbocycles. The van der Waals surface area contributed by atoms with Gasteiger partial charge in [-0.25, -0.2) is 23.2 Å². The first-order valence-corrected chi connectivity index (χ1v) is 11.0. The molecule has 0 bridgehead atoms. The highest BCUT2D eigenvalue weighted by molar-refractivity contribution is 5.87. The first-order valence-electron chi connectivity index (χ1n) is 11.0. The van der Waals surface area contributed by atoms with Crippen molar-refractivity contribution in [2.75, 3.05) is 37.4 Å². The number of amides is 1. The molecule has 3 aromatic rings. The Morgan fingerprint density at radius 1 is 1.34 bits per heavy atom. The summed E-state index contributed by atoms with van der Waals surface area (Å²) >= 11 is 0. The lowest BCUT2D eigenvalue weighted by atomic mass is 10.1. The molecule has 0 radical (unpaired) electrons. The lowest BCUT2D eigenvalue weighted by molar-refractivity contribution is -0.130. The molecule has 1 amide bonds. The van der Waals surface area contributed by atoms with E-state index in [1.54, 1.807) is 37.4 Å². The molecule has 3 N–H and O–H groups in total. The van der Waals surface area contributed by atoms with Crippen molar-refractivity contribution < 1.29 is 22.7 Å². The average molecular weight is 490 g/mol. The maximum atomic E-state index is 14.5. The van der Waals surface area contributed by atoms with E-state index in [-0.39, 0.29) is 42.2 Å². The van der Waals surface area contributed by atoms with Crippen LogP contribution in [0, 0.1) is 5.53 Å². The molecule has 1 fully saturated rings. The van der Waals surface area contributed by atoms with E-state index in [2.05, 4.69) is 25.8 Å². The Morgan fingerprint density at radius 2 is 2.14 bits per heavy atom. The van der Waals surface area contributed by atoms with E-state index in [0.29, 0.717) is 23.1 Å². The standard InChI is InChI=1S/C22H25F3N8O2/c1-3-19(34)32-10-14(23)17(11-32)28-22-29-21(35-2)20-13(6-7-33(20)31-22)12-4-5-15(30-26)16(8-12)27-9-18(24)25/h4-8,14,17-18,26-27H,3,9-11H2,1-2H3,(H,28,31)/t14-,17+/m1/s1. The van der Waals surface area contributed by atoms with Crippen LogP contribution in [0.3, 0.4) is 0 Å². The molecule has 1 saturated heterocycles. The van der Waals surface area contributed by atoms with Gasteiger partial charge in [0.1, 0.15) is 17.4 Å². The lowest BCUT2D eigenvalue weighted by Gasteiger charge is -2.16. The van der Waals surface area contributed by atoms with Crippen LogP contribution < -0.4 is 15.4 Å². The van der Waals surface area contributed by atoms with Gasteiger partial charge in [0.2, 0.25) is 17.7 Å². The number of nitrogens with zero attached hydrogens (tertiary/aromatic N) is 5. The van der Waals surface area contributed by atoms with Crippen LogP contribution in [-0.4, -0.2) is 70.8 Å². The van der Waals surface area contributed by atoms with Gasteiger partial charge < -0.3 is 20.3 Å². The largest absolute Gasteiger partial charge is 0.479 e. The Kier molecular flexibility index (Phi) is 7.03. The molecule has 1 aromatic carbocycles. The molecule has 1 aliphatic heterocycles. The Balaban J connectivity index is 1.65. The third kappa shape index (κ3) is 4.98. The molecule has 13 heteroatoms. The highest BCUT2D eigenvalue weighted by Crippen LogP contribution is 2.36. The number of anilines is 2. The maximum Gasteiger partial charge on any atom is 0.255 e. The second kappa shape index (κ2) is 10.2. The van der Waals surface area contributed by atoms with Gasteiger partial charge in [-0.3, -0.25) is 4.79 Å². The molecular weight excluding hydrogens is 465 g/mol. The van der Waals surface area contributed by atoms with Crippen LogP contribution in [0.15, 0.2) is 35.6 Å². The molecule has 0 spiro atoms. The van der Waals surface area contributed by atoms with Crippen molar-refractivity contribution in [3.05, 3.63) is 30.5 Å². The molecular formula is C22H25F3N8O2. The van der Waals surface area contributed by atoms with E-state index in [9.17, 15) is 18.0 Å². The Bertz CT molecular complexity index is 1230. The van der Waals surface area contributed by atoms with Crippen LogP contribution in [-0.2, 0) is 4.79 Å². The maximum absolute atomic E-state index is 14.5. The highest BCUT2D eigenvalue weighted by Gasteiger charge is 2.35. The second-order valence-electron chi connectivity index (χ2n) is 8.00. The van der Waals surface area contributed by atoms with E-state index >= 15 is 0 Å². The number of carbonyl (C=O) groups excluding carboxylic acids is 1. The van der Waals surface area contributed by atoms with Crippen LogP contribution in [0.25, 0.3) is 16.6 Å². The zero-order valence-corrected chi connectivity index (χ0v) is 19.1. The van der Waals surface area contributed by atoms with Crippen LogP contribution in [0.5, 0.6) is 5.88 Å². The smallest absolute Gasteiger partial charge is 0.255 e. The first kappa shape index (κ1) is 24.2. The predicted octanol–water partition coefficient (Wildman–Crippen LogP) is 4.12. The summed E-state index contributed by atoms with van der Waals surface area (Å²) < 4.78 is 46.9. The Hall–Kier alpha value is -3.90. The van der Waals surface area contributed by atoms with E-state index < -0.39 is 25.2 Å². The number of aromatic nitrogens is 3. The fraction of sp³-hybridized carbons (Fsp3) is 0.409. The molecule has 35 heavy (non-hydrogen) atoms. The van der Waals surface area contributed by atoms with Gasteiger partial charge in [-0.15, -0.1) is 5.10 Å². The third-order valence-corrected chi connectivity index (χ3v) is 5.77. The number of benzene rings is 1. The number of nitrogens with one attached hydrogen (secondary N) is 3. The molecule has 186 valence electrons. The van der Waals surface area contributed by atoms with Gasteiger partial charge in [0.05, 0.1) is 31.9 Å². The number of carbonyl (C=O) groups is 1. The predicted molar refractivity (Wildman–Crippen MR) is 123 cm³/mol. The number of rotatable bonds is 9. The highest BCUT2D eigenvalue weighted by atomic mass is 19.3.